The fraction of sp³-hybridized carbons (Fsp3) is 0. The molecule has 0 atom stereocenters. The van der Waals surface area contributed by atoms with Gasteiger partial charge in [-0.2, -0.15) is 0 Å². The summed E-state index contributed by atoms with van der Waals surface area (Å²) in [5, 5.41) is 8.14. The number of benzene rings is 9. The molecule has 0 radical (unpaired) electrons. The molecule has 0 saturated heterocycles. The molecule has 3 aromatic heterocycles. The number of fused-ring (bicyclic) bond motifs is 7. The van der Waals surface area contributed by atoms with E-state index in [1.54, 1.807) is 0 Å². The molecule has 0 saturated carbocycles. The van der Waals surface area contributed by atoms with Crippen LogP contribution < -0.4 is 0 Å². The number of furan rings is 1. The van der Waals surface area contributed by atoms with Crippen LogP contribution in [0.3, 0.4) is 0 Å². The van der Waals surface area contributed by atoms with Gasteiger partial charge in [0.2, 0.25) is 0 Å². The van der Waals surface area contributed by atoms with E-state index in [9.17, 15) is 0 Å². The summed E-state index contributed by atoms with van der Waals surface area (Å²) < 4.78 is 9.53. The van der Waals surface area contributed by atoms with Gasteiger partial charge in [0, 0.05) is 60.4 Å². The second-order valence-electron chi connectivity index (χ2n) is 15.5. The van der Waals surface area contributed by atoms with Crippen molar-refractivity contribution in [2.24, 2.45) is 0 Å². The minimum atomic E-state index is 0.623. The van der Waals surface area contributed by atoms with Crippen LogP contribution in [0.2, 0.25) is 0 Å². The van der Waals surface area contributed by atoms with E-state index in [0.717, 1.165) is 77.4 Å². The molecule has 0 fully saturated rings. The van der Waals surface area contributed by atoms with E-state index in [0.29, 0.717) is 17.5 Å². The second kappa shape index (κ2) is 12.7. The van der Waals surface area contributed by atoms with Crippen LogP contribution in [0.1, 0.15) is 0 Å². The molecule has 0 spiro atoms. The van der Waals surface area contributed by atoms with Crippen LogP contribution in [0.4, 0.5) is 0 Å². The lowest BCUT2D eigenvalue weighted by molar-refractivity contribution is 0.636. The third-order valence-corrected chi connectivity index (χ3v) is 12.2. The van der Waals surface area contributed by atoms with Crippen molar-refractivity contribution in [3.8, 4) is 73.4 Å². The molecule has 9 aromatic carbocycles. The molecule has 1 aliphatic carbocycles. The second-order valence-corrected chi connectivity index (χ2v) is 15.5. The molecule has 3 heterocycles. The first-order valence-electron chi connectivity index (χ1n) is 20.3. The zero-order valence-electron chi connectivity index (χ0n) is 32.2. The lowest BCUT2D eigenvalue weighted by atomic mass is 9.92. The third-order valence-electron chi connectivity index (χ3n) is 12.2. The van der Waals surface area contributed by atoms with Gasteiger partial charge in [-0.1, -0.05) is 158 Å². The van der Waals surface area contributed by atoms with Gasteiger partial charge in [0.25, 0.3) is 0 Å². The van der Waals surface area contributed by atoms with Gasteiger partial charge in [-0.05, 0) is 63.9 Å². The van der Waals surface area contributed by atoms with E-state index in [1.165, 1.54) is 32.8 Å². The summed E-state index contributed by atoms with van der Waals surface area (Å²) in [6.07, 6.45) is 0. The Balaban J connectivity index is 1.06. The average Bonchev–Trinajstić information content (AvgIpc) is 3.86. The molecule has 0 N–H and O–H groups in total. The smallest absolute Gasteiger partial charge is 0.164 e. The first-order chi connectivity index (χ1) is 29.8. The van der Waals surface area contributed by atoms with Gasteiger partial charge in [0.05, 0.1) is 11.0 Å². The van der Waals surface area contributed by atoms with Crippen molar-refractivity contribution in [3.63, 3.8) is 0 Å². The summed E-state index contributed by atoms with van der Waals surface area (Å²) in [7, 11) is 0. The number of nitrogens with zero attached hydrogens (tertiary/aromatic N) is 4. The molecular weight excluding hydrogens is 733 g/mol. The first kappa shape index (κ1) is 32.9. The Morgan fingerprint density at radius 2 is 0.967 bits per heavy atom. The highest BCUT2D eigenvalue weighted by Gasteiger charge is 2.31. The molecule has 0 unspecified atom stereocenters. The van der Waals surface area contributed by atoms with Crippen molar-refractivity contribution in [1.29, 1.82) is 0 Å². The number of hydrogen-bond acceptors (Lipinski definition) is 4. The van der Waals surface area contributed by atoms with Crippen LogP contribution in [-0.2, 0) is 0 Å². The minimum absolute atomic E-state index is 0.623. The highest BCUT2D eigenvalue weighted by Crippen LogP contribution is 2.55. The summed E-state index contributed by atoms with van der Waals surface area (Å²) in [6.45, 7) is 0. The van der Waals surface area contributed by atoms with Crippen molar-refractivity contribution in [2.45, 2.75) is 0 Å². The van der Waals surface area contributed by atoms with Crippen LogP contribution in [0.5, 0.6) is 0 Å². The van der Waals surface area contributed by atoms with Crippen molar-refractivity contribution in [1.82, 2.24) is 19.5 Å². The van der Waals surface area contributed by atoms with Crippen LogP contribution in [0, 0.1) is 0 Å². The summed E-state index contributed by atoms with van der Waals surface area (Å²) in [4.78, 5) is 15.2. The van der Waals surface area contributed by atoms with Gasteiger partial charge < -0.3 is 8.98 Å². The molecule has 278 valence electrons. The topological polar surface area (TPSA) is 56.7 Å². The Morgan fingerprint density at radius 1 is 0.383 bits per heavy atom. The SMILES string of the molecule is c1ccc(-c2nc(-c3ccc(-n4c5cccc6c5c5c7c(c(-c8ccccc8)oc7c7ccccc7c54)-c4ccccc4-6)cc3)nc(-c3ccc4ccccc4c3)n2)cc1. The predicted molar refractivity (Wildman–Crippen MR) is 245 cm³/mol. The Labute approximate surface area is 344 Å². The standard InChI is InChI=1S/C55H32N4O/c1-3-15-34(16-4-1)51-47-42-21-10-9-20-40(42)41-24-13-25-45-46(41)48-49(47)52(60-51)44-23-12-11-22-43(44)50(48)59(45)39-30-28-36(29-31-39)54-56-53(35-17-5-2-6-18-35)57-55(58-54)38-27-26-33-14-7-8-19-37(33)32-38/h1-32H. The number of aromatic nitrogens is 4. The van der Waals surface area contributed by atoms with E-state index in [1.807, 2.05) is 30.3 Å². The molecule has 60 heavy (non-hydrogen) atoms. The van der Waals surface area contributed by atoms with Crippen molar-refractivity contribution in [2.75, 3.05) is 0 Å². The highest BCUT2D eigenvalue weighted by atomic mass is 16.3. The summed E-state index contributed by atoms with van der Waals surface area (Å²) >= 11 is 0. The molecular formula is C55H32N4O. The van der Waals surface area contributed by atoms with Crippen LogP contribution in [-0.4, -0.2) is 19.5 Å². The Bertz CT molecular complexity index is 3700. The molecule has 1 aliphatic rings. The maximum Gasteiger partial charge on any atom is 0.164 e. The van der Waals surface area contributed by atoms with Crippen molar-refractivity contribution in [3.05, 3.63) is 194 Å². The summed E-state index contributed by atoms with van der Waals surface area (Å²) in [5.41, 5.74) is 12.9. The Kier molecular flexibility index (Phi) is 6.95. The van der Waals surface area contributed by atoms with E-state index < -0.39 is 0 Å². The van der Waals surface area contributed by atoms with E-state index in [2.05, 4.69) is 168 Å². The Morgan fingerprint density at radius 3 is 1.73 bits per heavy atom. The average molecular weight is 765 g/mol. The predicted octanol–water partition coefficient (Wildman–Crippen LogP) is 14.3. The zero-order valence-corrected chi connectivity index (χ0v) is 32.2. The lowest BCUT2D eigenvalue weighted by Crippen LogP contribution is -2.00. The van der Waals surface area contributed by atoms with Crippen LogP contribution in [0.15, 0.2) is 199 Å². The van der Waals surface area contributed by atoms with Gasteiger partial charge >= 0.3 is 0 Å². The minimum Gasteiger partial charge on any atom is -0.455 e. The largest absolute Gasteiger partial charge is 0.455 e. The van der Waals surface area contributed by atoms with E-state index in [4.69, 9.17) is 19.4 Å². The monoisotopic (exact) mass is 764 g/mol. The van der Waals surface area contributed by atoms with E-state index >= 15 is 0 Å². The van der Waals surface area contributed by atoms with Gasteiger partial charge in [0.15, 0.2) is 17.5 Å². The van der Waals surface area contributed by atoms with Crippen LogP contribution in [0.25, 0.3) is 128 Å². The molecule has 5 nitrogen and oxygen atoms in total. The summed E-state index contributed by atoms with van der Waals surface area (Å²) in [5.74, 6) is 2.79. The van der Waals surface area contributed by atoms with Gasteiger partial charge in [0.1, 0.15) is 11.3 Å². The molecule has 5 heteroatoms. The maximum absolute atomic E-state index is 7.09. The quantitative estimate of drug-likeness (QED) is 0.175. The normalized spacial score (nSPS) is 12.0. The third kappa shape index (κ3) is 4.77. The van der Waals surface area contributed by atoms with Crippen molar-refractivity contribution < 1.29 is 4.42 Å². The Hall–Kier alpha value is -8.15. The van der Waals surface area contributed by atoms with Crippen LogP contribution >= 0.6 is 0 Å². The molecule has 13 rings (SSSR count). The van der Waals surface area contributed by atoms with Gasteiger partial charge in [-0.3, -0.25) is 0 Å². The molecule has 0 bridgehead atoms. The zero-order chi connectivity index (χ0) is 39.3. The fourth-order valence-corrected chi connectivity index (χ4v) is 9.50. The molecule has 12 aromatic rings. The molecule has 0 amide bonds. The number of rotatable bonds is 5. The number of hydrogen-bond donors (Lipinski definition) is 0. The van der Waals surface area contributed by atoms with Crippen molar-refractivity contribution >= 4 is 54.3 Å². The molecule has 0 aliphatic heterocycles. The fourth-order valence-electron chi connectivity index (χ4n) is 9.50. The van der Waals surface area contributed by atoms with E-state index in [-0.39, 0.29) is 0 Å². The van der Waals surface area contributed by atoms with Gasteiger partial charge in [-0.15, -0.1) is 0 Å². The lowest BCUT2D eigenvalue weighted by Gasteiger charge is -2.14. The van der Waals surface area contributed by atoms with Gasteiger partial charge in [-0.25, -0.2) is 15.0 Å². The maximum atomic E-state index is 7.09. The first-order valence-corrected chi connectivity index (χ1v) is 20.3. The summed E-state index contributed by atoms with van der Waals surface area (Å²) in [6, 6.07) is 68.3. The highest BCUT2D eigenvalue weighted by molar-refractivity contribution is 6.38.